The Bertz CT molecular complexity index is 560. The molecule has 1 rings (SSSR count). The Morgan fingerprint density at radius 1 is 1.38 bits per heavy atom. The third-order valence-electron chi connectivity index (χ3n) is 2.17. The SMILES string of the molecule is COC(=O)Cc1nc([N+](=O)[O-])c(OC(F)(F)F)cc1OC. The van der Waals surface area contributed by atoms with E-state index in [1.165, 1.54) is 0 Å². The lowest BCUT2D eigenvalue weighted by atomic mass is 10.2. The fraction of sp³-hybridized carbons (Fsp3) is 0.400. The van der Waals surface area contributed by atoms with Gasteiger partial charge in [0.2, 0.25) is 11.4 Å². The van der Waals surface area contributed by atoms with Crippen LogP contribution in [0.15, 0.2) is 6.07 Å². The third kappa shape index (κ3) is 4.47. The zero-order valence-electron chi connectivity index (χ0n) is 10.8. The van der Waals surface area contributed by atoms with Crippen LogP contribution in [0.4, 0.5) is 19.0 Å². The molecular weight excluding hydrogens is 301 g/mol. The molecule has 0 saturated carbocycles. The maximum absolute atomic E-state index is 12.2. The lowest BCUT2D eigenvalue weighted by Crippen LogP contribution is -2.19. The maximum atomic E-state index is 12.2. The first-order valence-electron chi connectivity index (χ1n) is 5.22. The third-order valence-corrected chi connectivity index (χ3v) is 2.17. The number of rotatable bonds is 5. The number of nitro groups is 1. The van der Waals surface area contributed by atoms with Crippen molar-refractivity contribution in [1.82, 2.24) is 4.98 Å². The number of esters is 1. The Balaban J connectivity index is 3.33. The van der Waals surface area contributed by atoms with E-state index in [2.05, 4.69) is 14.5 Å². The second kappa shape index (κ2) is 6.24. The summed E-state index contributed by atoms with van der Waals surface area (Å²) in [6.07, 6.45) is -5.64. The summed E-state index contributed by atoms with van der Waals surface area (Å²) in [4.78, 5) is 24.1. The quantitative estimate of drug-likeness (QED) is 0.462. The van der Waals surface area contributed by atoms with Crippen molar-refractivity contribution in [3.63, 3.8) is 0 Å². The van der Waals surface area contributed by atoms with Crippen LogP contribution in [-0.4, -0.2) is 36.5 Å². The first-order valence-corrected chi connectivity index (χ1v) is 5.22. The number of pyridine rings is 1. The van der Waals surface area contributed by atoms with Crippen molar-refractivity contribution in [3.8, 4) is 11.5 Å². The van der Waals surface area contributed by atoms with Crippen LogP contribution in [-0.2, 0) is 16.0 Å². The van der Waals surface area contributed by atoms with E-state index in [1.54, 1.807) is 0 Å². The van der Waals surface area contributed by atoms with Gasteiger partial charge in [-0.05, 0) is 9.91 Å². The van der Waals surface area contributed by atoms with Crippen molar-refractivity contribution in [1.29, 1.82) is 0 Å². The van der Waals surface area contributed by atoms with E-state index < -0.39 is 35.2 Å². The summed E-state index contributed by atoms with van der Waals surface area (Å²) in [5, 5.41) is 10.8. The van der Waals surface area contributed by atoms with E-state index >= 15 is 0 Å². The van der Waals surface area contributed by atoms with Gasteiger partial charge in [-0.1, -0.05) is 0 Å². The molecule has 11 heteroatoms. The minimum absolute atomic E-state index is 0.245. The van der Waals surface area contributed by atoms with Crippen LogP contribution in [0, 0.1) is 10.1 Å². The van der Waals surface area contributed by atoms with Gasteiger partial charge in [0.05, 0.1) is 14.2 Å². The van der Waals surface area contributed by atoms with Gasteiger partial charge >= 0.3 is 18.1 Å². The van der Waals surface area contributed by atoms with E-state index in [0.717, 1.165) is 14.2 Å². The van der Waals surface area contributed by atoms with Gasteiger partial charge in [0.25, 0.3) is 0 Å². The molecule has 0 aromatic carbocycles. The molecule has 21 heavy (non-hydrogen) atoms. The average molecular weight is 310 g/mol. The standard InChI is InChI=1S/C10H9F3N2O6/c1-19-6-4-7(21-10(11,12)13)9(15(17)18)14-5(6)3-8(16)20-2/h4H,3H2,1-2H3. The van der Waals surface area contributed by atoms with Crippen LogP contribution < -0.4 is 9.47 Å². The largest absolute Gasteiger partial charge is 0.573 e. The highest BCUT2D eigenvalue weighted by Gasteiger charge is 2.36. The first kappa shape index (κ1) is 16.5. The maximum Gasteiger partial charge on any atom is 0.573 e. The van der Waals surface area contributed by atoms with Crippen molar-refractivity contribution in [2.45, 2.75) is 12.8 Å². The Hall–Kier alpha value is -2.59. The molecule has 0 radical (unpaired) electrons. The molecule has 0 fully saturated rings. The van der Waals surface area contributed by atoms with Crippen molar-refractivity contribution in [3.05, 3.63) is 21.9 Å². The summed E-state index contributed by atoms with van der Waals surface area (Å²) >= 11 is 0. The second-order valence-corrected chi connectivity index (χ2v) is 3.52. The summed E-state index contributed by atoms with van der Waals surface area (Å²) in [5.74, 6) is -3.39. The molecule has 1 aromatic rings. The minimum Gasteiger partial charge on any atom is -0.492 e. The van der Waals surface area contributed by atoms with Crippen LogP contribution in [0.3, 0.4) is 0 Å². The van der Waals surface area contributed by atoms with E-state index in [1.807, 2.05) is 0 Å². The van der Waals surface area contributed by atoms with Gasteiger partial charge in [0.15, 0.2) is 5.75 Å². The van der Waals surface area contributed by atoms with Crippen molar-refractivity contribution >= 4 is 11.8 Å². The van der Waals surface area contributed by atoms with Gasteiger partial charge in [-0.15, -0.1) is 13.2 Å². The number of carbonyl (C=O) groups excluding carboxylic acids is 1. The Morgan fingerprint density at radius 2 is 2.00 bits per heavy atom. The number of aromatic nitrogens is 1. The summed E-state index contributed by atoms with van der Waals surface area (Å²) in [7, 11) is 2.17. The molecule has 0 N–H and O–H groups in total. The highest BCUT2D eigenvalue weighted by atomic mass is 19.4. The Morgan fingerprint density at radius 3 is 2.43 bits per heavy atom. The lowest BCUT2D eigenvalue weighted by Gasteiger charge is -2.11. The van der Waals surface area contributed by atoms with Crippen molar-refractivity contribution in [2.24, 2.45) is 0 Å². The van der Waals surface area contributed by atoms with Gasteiger partial charge < -0.3 is 24.3 Å². The lowest BCUT2D eigenvalue weighted by molar-refractivity contribution is -0.393. The average Bonchev–Trinajstić information content (AvgIpc) is 2.37. The fourth-order valence-corrected chi connectivity index (χ4v) is 1.35. The highest BCUT2D eigenvalue weighted by Crippen LogP contribution is 2.35. The van der Waals surface area contributed by atoms with Crippen LogP contribution in [0.25, 0.3) is 0 Å². The fourth-order valence-electron chi connectivity index (χ4n) is 1.35. The predicted octanol–water partition coefficient (Wildman–Crippen LogP) is 1.61. The summed E-state index contributed by atoms with van der Waals surface area (Å²) in [6.45, 7) is 0. The van der Waals surface area contributed by atoms with Crippen LogP contribution in [0.5, 0.6) is 11.5 Å². The summed E-state index contributed by atoms with van der Waals surface area (Å²) in [5.41, 5.74) is -0.245. The molecule has 0 aliphatic heterocycles. The van der Waals surface area contributed by atoms with E-state index in [9.17, 15) is 28.1 Å². The van der Waals surface area contributed by atoms with E-state index in [0.29, 0.717) is 6.07 Å². The van der Waals surface area contributed by atoms with Gasteiger partial charge in [0.1, 0.15) is 6.42 Å². The molecule has 0 amide bonds. The minimum atomic E-state index is -5.14. The van der Waals surface area contributed by atoms with Gasteiger partial charge in [0, 0.05) is 6.07 Å². The first-order chi connectivity index (χ1) is 9.67. The molecule has 0 atom stereocenters. The molecule has 1 heterocycles. The van der Waals surface area contributed by atoms with Gasteiger partial charge in [-0.3, -0.25) is 4.79 Å². The zero-order valence-corrected chi connectivity index (χ0v) is 10.8. The molecule has 116 valence electrons. The number of halogens is 3. The molecule has 0 bridgehead atoms. The van der Waals surface area contributed by atoms with Crippen LogP contribution in [0.1, 0.15) is 5.69 Å². The second-order valence-electron chi connectivity index (χ2n) is 3.52. The number of alkyl halides is 3. The Labute approximate surface area is 115 Å². The Kier molecular flexibility index (Phi) is 4.89. The van der Waals surface area contributed by atoms with Gasteiger partial charge in [-0.25, -0.2) is 0 Å². The summed E-state index contributed by atoms with van der Waals surface area (Å²) in [6, 6.07) is 0.636. The number of nitrogens with zero attached hydrogens (tertiary/aromatic N) is 2. The molecule has 0 aliphatic rings. The number of methoxy groups -OCH3 is 2. The van der Waals surface area contributed by atoms with Crippen LogP contribution >= 0.6 is 0 Å². The number of hydrogen-bond donors (Lipinski definition) is 0. The van der Waals surface area contributed by atoms with Gasteiger partial charge in [-0.2, -0.15) is 0 Å². The molecule has 1 aromatic heterocycles. The number of carbonyl (C=O) groups is 1. The summed E-state index contributed by atoms with van der Waals surface area (Å²) < 4.78 is 49.2. The molecule has 0 aliphatic carbocycles. The van der Waals surface area contributed by atoms with Crippen molar-refractivity contribution in [2.75, 3.05) is 14.2 Å². The number of ether oxygens (including phenoxy) is 3. The molecular formula is C10H9F3N2O6. The smallest absolute Gasteiger partial charge is 0.492 e. The molecule has 0 spiro atoms. The van der Waals surface area contributed by atoms with E-state index in [4.69, 9.17) is 4.74 Å². The monoisotopic (exact) mass is 310 g/mol. The predicted molar refractivity (Wildman–Crippen MR) is 59.8 cm³/mol. The van der Waals surface area contributed by atoms with E-state index in [-0.39, 0.29) is 11.4 Å². The van der Waals surface area contributed by atoms with Crippen LogP contribution in [0.2, 0.25) is 0 Å². The van der Waals surface area contributed by atoms with Crippen molar-refractivity contribution < 1.29 is 37.1 Å². The normalized spacial score (nSPS) is 10.9. The highest BCUT2D eigenvalue weighted by molar-refractivity contribution is 5.73. The molecule has 8 nitrogen and oxygen atoms in total. The molecule has 0 saturated heterocycles. The molecule has 0 unspecified atom stereocenters. The topological polar surface area (TPSA) is 101 Å². The zero-order chi connectivity index (χ0) is 16.2. The number of hydrogen-bond acceptors (Lipinski definition) is 7.